The molecule has 0 aromatic heterocycles. The first-order valence-electron chi connectivity index (χ1n) is 21.1. The van der Waals surface area contributed by atoms with Gasteiger partial charge < -0.3 is 14.0 Å². The Hall–Kier alpha value is -8.79. The molecule has 0 saturated carbocycles. The summed E-state index contributed by atoms with van der Waals surface area (Å²) in [6.07, 6.45) is -0.925. The molecule has 1 radical (unpaired) electrons. The third-order valence-corrected chi connectivity index (χ3v) is 11.7. The Bertz CT molecular complexity index is 2580. The van der Waals surface area contributed by atoms with Crippen LogP contribution in [0.5, 0.6) is 0 Å². The molecule has 16 heteroatoms. The van der Waals surface area contributed by atoms with E-state index in [-0.39, 0.29) is 52.6 Å². The van der Waals surface area contributed by atoms with E-state index >= 15 is 0 Å². The van der Waals surface area contributed by atoms with E-state index in [1.807, 2.05) is 0 Å². The summed E-state index contributed by atoms with van der Waals surface area (Å²) < 4.78 is 17.2. The number of carbonyl (C=O) groups is 9. The average Bonchev–Trinajstić information content (AvgIpc) is 3.87. The molecule has 3 heterocycles. The smallest absolute Gasteiger partial charge is 0.526 e. The highest BCUT2D eigenvalue weighted by Gasteiger charge is 2.47. The Morgan fingerprint density at radius 3 is 0.731 bits per heavy atom. The normalized spacial score (nSPS) is 15.3. The Labute approximate surface area is 382 Å². The monoisotopic (exact) mass is 893 g/mol. The van der Waals surface area contributed by atoms with E-state index in [4.69, 9.17) is 14.0 Å². The number of fused-ring (bicyclic) bond motifs is 3. The van der Waals surface area contributed by atoms with Gasteiger partial charge in [-0.15, -0.1) is 0 Å². The lowest BCUT2D eigenvalue weighted by Crippen LogP contribution is -2.53. The van der Waals surface area contributed by atoms with Gasteiger partial charge in [0.1, 0.15) is 18.1 Å². The minimum Gasteiger partial charge on any atom is -0.641 e. The van der Waals surface area contributed by atoms with Gasteiger partial charge in [-0.1, -0.05) is 127 Å². The van der Waals surface area contributed by atoms with Crippen molar-refractivity contribution in [3.05, 3.63) is 214 Å². The summed E-state index contributed by atoms with van der Waals surface area (Å²) in [4.78, 5) is 130. The van der Waals surface area contributed by atoms with Crippen molar-refractivity contribution >= 4 is 60.7 Å². The summed E-state index contributed by atoms with van der Waals surface area (Å²) in [6.45, 7) is 0. The second kappa shape index (κ2) is 18.4. The van der Waals surface area contributed by atoms with Gasteiger partial charge >= 0.3 is 7.32 Å². The zero-order chi connectivity index (χ0) is 46.8. The largest absolute Gasteiger partial charge is 0.641 e. The van der Waals surface area contributed by atoms with Crippen molar-refractivity contribution < 1.29 is 57.1 Å². The summed E-state index contributed by atoms with van der Waals surface area (Å²) in [7, 11) is -2.66. The third kappa shape index (κ3) is 8.39. The zero-order valence-corrected chi connectivity index (χ0v) is 35.3. The molecule has 331 valence electrons. The van der Waals surface area contributed by atoms with Gasteiger partial charge in [0, 0.05) is 19.3 Å². The molecule has 3 aliphatic heterocycles. The van der Waals surface area contributed by atoms with Gasteiger partial charge in [-0.05, 0) is 53.1 Å². The minimum atomic E-state index is -2.66. The molecule has 6 aromatic carbocycles. The number of hydrogen-bond acceptors (Lipinski definition) is 12. The molecule has 0 aliphatic carbocycles. The molecule has 0 fully saturated rings. The highest BCUT2D eigenvalue weighted by molar-refractivity contribution is 6.45. The Balaban J connectivity index is 1.10. The number of imide groups is 3. The van der Waals surface area contributed by atoms with Gasteiger partial charge in [0.05, 0.1) is 33.4 Å². The Kier molecular flexibility index (Phi) is 11.9. The number of nitrogens with zero attached hydrogens (tertiary/aromatic N) is 3. The lowest BCUT2D eigenvalue weighted by molar-refractivity contribution is -0.153. The van der Waals surface area contributed by atoms with Crippen LogP contribution in [0.3, 0.4) is 0 Å². The molecule has 0 unspecified atom stereocenters. The van der Waals surface area contributed by atoms with Crippen LogP contribution in [0.2, 0.25) is 0 Å². The third-order valence-electron chi connectivity index (χ3n) is 11.7. The summed E-state index contributed by atoms with van der Waals surface area (Å²) in [5, 5.41) is 0. The molecule has 3 atom stereocenters. The lowest BCUT2D eigenvalue weighted by Gasteiger charge is -2.36. The molecule has 3 aliphatic rings. The van der Waals surface area contributed by atoms with Crippen LogP contribution in [0.1, 0.15) is 78.8 Å². The second-order valence-corrected chi connectivity index (χ2v) is 15.8. The molecule has 6 amide bonds. The molecule has 0 bridgehead atoms. The van der Waals surface area contributed by atoms with Crippen LogP contribution in [0.4, 0.5) is 0 Å². The van der Waals surface area contributed by atoms with Crippen LogP contribution in [0.25, 0.3) is 0 Å². The van der Waals surface area contributed by atoms with E-state index in [0.717, 1.165) is 0 Å². The SMILES string of the molecule is O=C(O[B-](OC(=O)[C@H](Cc1ccccc1)N1C(=O)c2ccccc2C1=O)OC(=O)[C@H](Cc1ccccc1)N1C(=O)c2ccccc2C1=O)[C@H](Cc1ccccc1)N1C(=O)c2ccccc2C1=O. The van der Waals surface area contributed by atoms with Crippen molar-refractivity contribution in [1.29, 1.82) is 0 Å². The van der Waals surface area contributed by atoms with Crippen LogP contribution < -0.4 is 0 Å². The summed E-state index contributed by atoms with van der Waals surface area (Å²) in [5.74, 6) is -9.08. The number of benzene rings is 6. The fourth-order valence-corrected chi connectivity index (χ4v) is 8.42. The van der Waals surface area contributed by atoms with Gasteiger partial charge in [0.15, 0.2) is 0 Å². The first-order valence-corrected chi connectivity index (χ1v) is 21.1. The standard InChI is InChI=1S/C51H36BN3O12/c56-43-34-22-10-11-23-35(34)44(57)53(43)40(28-31-16-4-1-5-17-31)49(62)65-52(66-50(63)41(29-32-18-6-2-7-19-32)54-45(58)36-24-12-13-25-37(36)46(54)59)67-51(64)42(30-33-20-8-3-9-21-33)55-47(60)38-26-14-15-27-39(38)48(55)61/h1-27,40-42H,28-30H2/q-1/t40-,41-,42-/m0/s1. The van der Waals surface area contributed by atoms with Crippen molar-refractivity contribution in [3.8, 4) is 0 Å². The number of amides is 6. The van der Waals surface area contributed by atoms with Crippen LogP contribution >= 0.6 is 0 Å². The zero-order valence-electron chi connectivity index (χ0n) is 35.3. The summed E-state index contributed by atoms with van der Waals surface area (Å²) in [6, 6.07) is 37.6. The first-order chi connectivity index (χ1) is 32.5. The van der Waals surface area contributed by atoms with E-state index in [9.17, 15) is 43.2 Å². The van der Waals surface area contributed by atoms with Crippen molar-refractivity contribution in [3.63, 3.8) is 0 Å². The highest BCUT2D eigenvalue weighted by Crippen LogP contribution is 2.31. The first kappa shape index (κ1) is 43.5. The molecule has 0 spiro atoms. The van der Waals surface area contributed by atoms with Gasteiger partial charge in [0.2, 0.25) is 0 Å². The maximum atomic E-state index is 14.7. The number of hydrogen-bond donors (Lipinski definition) is 0. The van der Waals surface area contributed by atoms with Crippen LogP contribution in [0.15, 0.2) is 164 Å². The van der Waals surface area contributed by atoms with Gasteiger partial charge in [-0.25, -0.2) is 0 Å². The van der Waals surface area contributed by atoms with E-state index in [2.05, 4.69) is 0 Å². The van der Waals surface area contributed by atoms with Crippen LogP contribution in [-0.2, 0) is 47.6 Å². The van der Waals surface area contributed by atoms with Crippen molar-refractivity contribution in [2.24, 2.45) is 0 Å². The van der Waals surface area contributed by atoms with E-state index in [0.29, 0.717) is 31.4 Å². The number of rotatable bonds is 15. The van der Waals surface area contributed by atoms with Crippen molar-refractivity contribution in [2.75, 3.05) is 0 Å². The molecule has 15 nitrogen and oxygen atoms in total. The molecule has 0 saturated heterocycles. The van der Waals surface area contributed by atoms with E-state index in [1.54, 1.807) is 127 Å². The fraction of sp³-hybridized carbons (Fsp3) is 0.118. The van der Waals surface area contributed by atoms with Gasteiger partial charge in [-0.3, -0.25) is 57.9 Å². The van der Waals surface area contributed by atoms with Gasteiger partial charge in [0.25, 0.3) is 53.4 Å². The summed E-state index contributed by atoms with van der Waals surface area (Å²) >= 11 is 0. The quantitative estimate of drug-likeness (QED) is 0.0954. The molecule has 0 N–H and O–H groups in total. The van der Waals surface area contributed by atoms with E-state index in [1.165, 1.54) is 36.4 Å². The Morgan fingerprint density at radius 2 is 0.522 bits per heavy atom. The topological polar surface area (TPSA) is 191 Å². The van der Waals surface area contributed by atoms with Crippen LogP contribution in [-0.4, -0.2) is 93.5 Å². The van der Waals surface area contributed by atoms with Crippen LogP contribution in [0, 0.1) is 0 Å². The Morgan fingerprint density at radius 1 is 0.328 bits per heavy atom. The lowest BCUT2D eigenvalue weighted by atomic mass is 10.0. The maximum Gasteiger partial charge on any atom is 0.526 e. The number of carbonyl (C=O) groups excluding carboxylic acids is 9. The molecular weight excluding hydrogens is 857 g/mol. The van der Waals surface area contributed by atoms with Gasteiger partial charge in [-0.2, -0.15) is 0 Å². The van der Waals surface area contributed by atoms with E-state index < -0.39 is 78.8 Å². The molecular formula is C51H36BN3O12-. The fourth-order valence-electron chi connectivity index (χ4n) is 8.42. The second-order valence-electron chi connectivity index (χ2n) is 15.8. The minimum absolute atomic E-state index is 0.0159. The molecule has 6 aromatic rings. The molecule has 9 rings (SSSR count). The predicted molar refractivity (Wildman–Crippen MR) is 237 cm³/mol. The predicted octanol–water partition coefficient (Wildman–Crippen LogP) is 5.32. The average molecular weight is 894 g/mol. The summed E-state index contributed by atoms with van der Waals surface area (Å²) in [5.41, 5.74) is 1.54. The maximum absolute atomic E-state index is 14.7. The van der Waals surface area contributed by atoms with Crippen molar-refractivity contribution in [1.82, 2.24) is 14.7 Å². The highest BCUT2D eigenvalue weighted by atomic mass is 16.8. The molecule has 67 heavy (non-hydrogen) atoms. The van der Waals surface area contributed by atoms with Crippen molar-refractivity contribution in [2.45, 2.75) is 37.4 Å².